The molecule has 1 aromatic heterocycles. The number of nitrogens with zero attached hydrogens (tertiary/aromatic N) is 3. The van der Waals surface area contributed by atoms with Crippen LogP contribution in [-0.2, 0) is 16.6 Å². The van der Waals surface area contributed by atoms with Crippen LogP contribution in [0.1, 0.15) is 56.3 Å². The Morgan fingerprint density at radius 3 is 2.62 bits per heavy atom. The number of rotatable bonds is 6. The van der Waals surface area contributed by atoms with Gasteiger partial charge in [0.25, 0.3) is 0 Å². The second-order valence-corrected chi connectivity index (χ2v) is 8.91. The minimum atomic E-state index is -3.46. The zero-order chi connectivity index (χ0) is 18.7. The van der Waals surface area contributed by atoms with E-state index in [1.807, 2.05) is 32.9 Å². The lowest BCUT2D eigenvalue weighted by Gasteiger charge is -2.26. The molecule has 1 saturated heterocycles. The summed E-state index contributed by atoms with van der Waals surface area (Å²) < 4.78 is 32.7. The van der Waals surface area contributed by atoms with E-state index in [1.54, 1.807) is 10.4 Å². The highest BCUT2D eigenvalue weighted by atomic mass is 32.2. The third kappa shape index (κ3) is 4.07. The van der Waals surface area contributed by atoms with E-state index in [0.29, 0.717) is 36.2 Å². The molecule has 1 aromatic carbocycles. The highest BCUT2D eigenvalue weighted by molar-refractivity contribution is 7.89. The summed E-state index contributed by atoms with van der Waals surface area (Å²) in [5.74, 6) is 1.35. The maximum atomic E-state index is 13.0. The molecular formula is C18H26N4O3S. The molecule has 8 heteroatoms. The van der Waals surface area contributed by atoms with E-state index in [0.717, 1.165) is 30.5 Å². The van der Waals surface area contributed by atoms with E-state index in [4.69, 9.17) is 4.52 Å². The van der Waals surface area contributed by atoms with Gasteiger partial charge in [-0.05, 0) is 37.5 Å². The first kappa shape index (κ1) is 18.8. The molecule has 3 rings (SSSR count). The summed E-state index contributed by atoms with van der Waals surface area (Å²) >= 11 is 0. The molecule has 2 aromatic rings. The van der Waals surface area contributed by atoms with Crippen molar-refractivity contribution in [3.8, 4) is 0 Å². The zero-order valence-corrected chi connectivity index (χ0v) is 16.3. The van der Waals surface area contributed by atoms with Crippen LogP contribution in [0.15, 0.2) is 27.6 Å². The van der Waals surface area contributed by atoms with Gasteiger partial charge in [-0.15, -0.1) is 0 Å². The van der Waals surface area contributed by atoms with Crippen LogP contribution >= 0.6 is 0 Å². The number of aryl methyl sites for hydroxylation is 1. The van der Waals surface area contributed by atoms with Crippen molar-refractivity contribution in [3.63, 3.8) is 0 Å². The highest BCUT2D eigenvalue weighted by Gasteiger charge is 2.27. The summed E-state index contributed by atoms with van der Waals surface area (Å²) in [6.07, 6.45) is 2.94. The van der Waals surface area contributed by atoms with Gasteiger partial charge in [0.2, 0.25) is 15.9 Å². The highest BCUT2D eigenvalue weighted by Crippen LogP contribution is 2.26. The molecule has 0 spiro atoms. The fourth-order valence-corrected chi connectivity index (χ4v) is 4.75. The Bertz CT molecular complexity index is 855. The average Bonchev–Trinajstić information content (AvgIpc) is 3.11. The largest absolute Gasteiger partial charge is 0.376 e. The van der Waals surface area contributed by atoms with Gasteiger partial charge in [0, 0.05) is 24.7 Å². The van der Waals surface area contributed by atoms with Crippen LogP contribution in [-0.4, -0.2) is 36.0 Å². The predicted molar refractivity (Wildman–Crippen MR) is 99.5 cm³/mol. The van der Waals surface area contributed by atoms with Crippen molar-refractivity contribution in [3.05, 3.63) is 35.5 Å². The van der Waals surface area contributed by atoms with Gasteiger partial charge in [-0.25, -0.2) is 8.42 Å². The normalized spacial score (nSPS) is 16.2. The van der Waals surface area contributed by atoms with Gasteiger partial charge >= 0.3 is 0 Å². The lowest BCUT2D eigenvalue weighted by Crippen LogP contribution is -2.36. The number of nitrogens with one attached hydrogen (secondary N) is 1. The van der Waals surface area contributed by atoms with Crippen LogP contribution in [0, 0.1) is 6.92 Å². The molecule has 1 N–H and O–H groups in total. The average molecular weight is 378 g/mol. The molecule has 0 saturated carbocycles. The molecule has 0 radical (unpaired) electrons. The Hall–Kier alpha value is -1.93. The third-order valence-electron chi connectivity index (χ3n) is 4.56. The van der Waals surface area contributed by atoms with Gasteiger partial charge in [-0.1, -0.05) is 31.5 Å². The molecule has 7 nitrogen and oxygen atoms in total. The van der Waals surface area contributed by atoms with Gasteiger partial charge < -0.3 is 9.84 Å². The van der Waals surface area contributed by atoms with Gasteiger partial charge in [-0.2, -0.15) is 9.29 Å². The van der Waals surface area contributed by atoms with Crippen LogP contribution in [0.5, 0.6) is 0 Å². The van der Waals surface area contributed by atoms with E-state index in [1.165, 1.54) is 0 Å². The Labute approximate surface area is 154 Å². The lowest BCUT2D eigenvalue weighted by molar-refractivity contribution is 0.346. The van der Waals surface area contributed by atoms with Crippen molar-refractivity contribution >= 4 is 15.7 Å². The number of anilines is 1. The number of hydrogen-bond acceptors (Lipinski definition) is 6. The molecule has 26 heavy (non-hydrogen) atoms. The maximum Gasteiger partial charge on any atom is 0.245 e. The molecule has 1 fully saturated rings. The maximum absolute atomic E-state index is 13.0. The molecule has 0 unspecified atom stereocenters. The second-order valence-electron chi connectivity index (χ2n) is 7.00. The lowest BCUT2D eigenvalue weighted by atomic mass is 10.2. The molecule has 142 valence electrons. The standard InChI is InChI=1S/C18H26N4O3S/c1-13(2)18-20-17(25-21-18)12-19-15-8-7-14(3)16(11-15)26(23,24)22-9-5-4-6-10-22/h7-8,11,13,19H,4-6,9-10,12H2,1-3H3. The van der Waals surface area contributed by atoms with Crippen LogP contribution in [0.2, 0.25) is 0 Å². The van der Waals surface area contributed by atoms with Crippen molar-refractivity contribution in [2.45, 2.75) is 57.4 Å². The Morgan fingerprint density at radius 1 is 1.23 bits per heavy atom. The topological polar surface area (TPSA) is 88.3 Å². The number of hydrogen-bond donors (Lipinski definition) is 1. The van der Waals surface area contributed by atoms with E-state index in [2.05, 4.69) is 15.5 Å². The van der Waals surface area contributed by atoms with Crippen molar-refractivity contribution in [2.24, 2.45) is 0 Å². The fourth-order valence-electron chi connectivity index (χ4n) is 2.98. The van der Waals surface area contributed by atoms with E-state index >= 15 is 0 Å². The molecule has 2 heterocycles. The first-order valence-corrected chi connectivity index (χ1v) is 10.5. The Morgan fingerprint density at radius 2 is 1.96 bits per heavy atom. The van der Waals surface area contributed by atoms with E-state index in [9.17, 15) is 8.42 Å². The number of benzene rings is 1. The molecule has 1 aliphatic heterocycles. The molecule has 0 aliphatic carbocycles. The summed E-state index contributed by atoms with van der Waals surface area (Å²) in [6.45, 7) is 7.37. The SMILES string of the molecule is Cc1ccc(NCc2nc(C(C)C)no2)cc1S(=O)(=O)N1CCCCC1. The van der Waals surface area contributed by atoms with Crippen LogP contribution in [0.4, 0.5) is 5.69 Å². The Kier molecular flexibility index (Phi) is 5.62. The van der Waals surface area contributed by atoms with Crippen molar-refractivity contribution < 1.29 is 12.9 Å². The van der Waals surface area contributed by atoms with Crippen LogP contribution in [0.25, 0.3) is 0 Å². The molecular weight excluding hydrogens is 352 g/mol. The minimum absolute atomic E-state index is 0.202. The first-order valence-electron chi connectivity index (χ1n) is 9.05. The van der Waals surface area contributed by atoms with Crippen molar-refractivity contribution in [1.29, 1.82) is 0 Å². The molecule has 0 atom stereocenters. The van der Waals surface area contributed by atoms with E-state index < -0.39 is 10.0 Å². The fraction of sp³-hybridized carbons (Fsp3) is 0.556. The summed E-state index contributed by atoms with van der Waals surface area (Å²) in [4.78, 5) is 4.68. The van der Waals surface area contributed by atoms with Gasteiger partial charge in [0.05, 0.1) is 11.4 Å². The number of piperidine rings is 1. The predicted octanol–water partition coefficient (Wildman–Crippen LogP) is 3.29. The molecule has 0 bridgehead atoms. The summed E-state index contributed by atoms with van der Waals surface area (Å²) in [6, 6.07) is 5.38. The first-order chi connectivity index (χ1) is 12.4. The molecule has 1 aliphatic rings. The molecule has 0 amide bonds. The Balaban J connectivity index is 1.76. The number of sulfonamides is 1. The van der Waals surface area contributed by atoms with Crippen LogP contribution in [0.3, 0.4) is 0 Å². The quantitative estimate of drug-likeness (QED) is 0.830. The smallest absolute Gasteiger partial charge is 0.245 e. The zero-order valence-electron chi connectivity index (χ0n) is 15.5. The summed E-state index contributed by atoms with van der Waals surface area (Å²) in [5, 5.41) is 7.11. The van der Waals surface area contributed by atoms with Gasteiger partial charge in [-0.3, -0.25) is 0 Å². The third-order valence-corrected chi connectivity index (χ3v) is 6.61. The summed E-state index contributed by atoms with van der Waals surface area (Å²) in [7, 11) is -3.46. The van der Waals surface area contributed by atoms with Crippen molar-refractivity contribution in [2.75, 3.05) is 18.4 Å². The van der Waals surface area contributed by atoms with E-state index in [-0.39, 0.29) is 5.92 Å². The van der Waals surface area contributed by atoms with Gasteiger partial charge in [0.15, 0.2) is 5.82 Å². The monoisotopic (exact) mass is 378 g/mol. The van der Waals surface area contributed by atoms with Gasteiger partial charge in [0.1, 0.15) is 0 Å². The minimum Gasteiger partial charge on any atom is -0.376 e. The number of aromatic nitrogens is 2. The van der Waals surface area contributed by atoms with Crippen molar-refractivity contribution in [1.82, 2.24) is 14.4 Å². The second kappa shape index (κ2) is 7.75. The summed E-state index contributed by atoms with van der Waals surface area (Å²) in [5.41, 5.74) is 1.47. The van der Waals surface area contributed by atoms with Crippen LogP contribution < -0.4 is 5.32 Å².